The average Bonchev–Trinajstić information content (AvgIpc) is 2.26. The highest BCUT2D eigenvalue weighted by molar-refractivity contribution is 9.10. The van der Waals surface area contributed by atoms with Crippen LogP contribution in [0.2, 0.25) is 0 Å². The molecular weight excluding hydrogens is 242 g/mol. The van der Waals surface area contributed by atoms with Crippen molar-refractivity contribution in [3.63, 3.8) is 0 Å². The molecule has 1 aromatic rings. The van der Waals surface area contributed by atoms with Crippen LogP contribution in [-0.4, -0.2) is 16.3 Å². The predicted molar refractivity (Wildman–Crippen MR) is 62.4 cm³/mol. The fourth-order valence-corrected chi connectivity index (χ4v) is 2.79. The van der Waals surface area contributed by atoms with Gasteiger partial charge in [0.25, 0.3) is 0 Å². The van der Waals surface area contributed by atoms with E-state index in [9.17, 15) is 0 Å². The highest BCUT2D eigenvalue weighted by atomic mass is 79.9. The maximum Gasteiger partial charge on any atom is 0.0782 e. The molecular formula is C10H18BrN3. The summed E-state index contributed by atoms with van der Waals surface area (Å²) in [5.74, 6) is 0. The molecule has 3 nitrogen and oxygen atoms in total. The number of halogens is 1. The Bertz CT molecular complexity index is 323. The number of rotatable bonds is 2. The minimum Gasteiger partial charge on any atom is -0.330 e. The lowest BCUT2D eigenvalue weighted by molar-refractivity contribution is 0.520. The number of hydrogen-bond donors (Lipinski definition) is 1. The van der Waals surface area contributed by atoms with E-state index < -0.39 is 0 Å². The van der Waals surface area contributed by atoms with E-state index >= 15 is 0 Å². The third-order valence-electron chi connectivity index (χ3n) is 2.15. The number of aromatic nitrogens is 2. The molecule has 1 rings (SSSR count). The topological polar surface area (TPSA) is 43.8 Å². The van der Waals surface area contributed by atoms with Crippen LogP contribution in [0, 0.1) is 0 Å². The van der Waals surface area contributed by atoms with E-state index in [1.54, 1.807) is 0 Å². The smallest absolute Gasteiger partial charge is 0.0782 e. The molecule has 0 unspecified atom stereocenters. The van der Waals surface area contributed by atoms with Gasteiger partial charge in [-0.15, -0.1) is 0 Å². The molecule has 2 N–H and O–H groups in total. The van der Waals surface area contributed by atoms with Crippen molar-refractivity contribution < 1.29 is 0 Å². The summed E-state index contributed by atoms with van der Waals surface area (Å²) in [6, 6.07) is 0. The quantitative estimate of drug-likeness (QED) is 0.883. The second-order valence-electron chi connectivity index (χ2n) is 4.52. The monoisotopic (exact) mass is 259 g/mol. The van der Waals surface area contributed by atoms with Crippen LogP contribution in [0.4, 0.5) is 0 Å². The van der Waals surface area contributed by atoms with Crippen molar-refractivity contribution >= 4 is 15.9 Å². The van der Waals surface area contributed by atoms with Crippen molar-refractivity contribution in [2.75, 3.05) is 6.54 Å². The van der Waals surface area contributed by atoms with Gasteiger partial charge in [0.2, 0.25) is 0 Å². The van der Waals surface area contributed by atoms with Crippen LogP contribution in [0.1, 0.15) is 32.2 Å². The molecule has 0 spiro atoms. The van der Waals surface area contributed by atoms with Gasteiger partial charge < -0.3 is 5.73 Å². The Balaban J connectivity index is 3.18. The Hall–Kier alpha value is -0.350. The first-order valence-electron chi connectivity index (χ1n) is 4.80. The van der Waals surface area contributed by atoms with Gasteiger partial charge in [0.15, 0.2) is 0 Å². The van der Waals surface area contributed by atoms with Gasteiger partial charge in [0, 0.05) is 18.9 Å². The van der Waals surface area contributed by atoms with Gasteiger partial charge in [-0.2, -0.15) is 5.10 Å². The fourth-order valence-electron chi connectivity index (χ4n) is 1.66. The Kier molecular flexibility index (Phi) is 3.37. The zero-order chi connectivity index (χ0) is 10.9. The van der Waals surface area contributed by atoms with Crippen LogP contribution < -0.4 is 5.73 Å². The van der Waals surface area contributed by atoms with E-state index in [2.05, 4.69) is 41.8 Å². The molecule has 0 saturated heterocycles. The normalized spacial score (nSPS) is 12.1. The van der Waals surface area contributed by atoms with E-state index in [0.29, 0.717) is 6.54 Å². The molecule has 0 atom stereocenters. The Labute approximate surface area is 93.8 Å². The molecule has 0 bridgehead atoms. The summed E-state index contributed by atoms with van der Waals surface area (Å²) in [6.45, 7) is 7.18. The Morgan fingerprint density at radius 3 is 2.36 bits per heavy atom. The molecule has 0 radical (unpaired) electrons. The third kappa shape index (κ3) is 2.17. The molecule has 1 heterocycles. The van der Waals surface area contributed by atoms with Crippen LogP contribution in [0.3, 0.4) is 0 Å². The van der Waals surface area contributed by atoms with Crippen LogP contribution in [0.5, 0.6) is 0 Å². The van der Waals surface area contributed by atoms with Crippen LogP contribution in [-0.2, 0) is 18.9 Å². The van der Waals surface area contributed by atoms with Crippen molar-refractivity contribution in [2.45, 2.75) is 32.6 Å². The standard InChI is InChI=1S/C10H18BrN3/c1-10(2,3)9-8(11)7(5-6-12)13-14(9)4/h5-6,12H2,1-4H3. The summed E-state index contributed by atoms with van der Waals surface area (Å²) in [7, 11) is 1.98. The lowest BCUT2D eigenvalue weighted by atomic mass is 9.92. The molecule has 0 aromatic carbocycles. The van der Waals surface area contributed by atoms with Gasteiger partial charge in [-0.3, -0.25) is 4.68 Å². The van der Waals surface area contributed by atoms with Crippen molar-refractivity contribution in [3.8, 4) is 0 Å². The second-order valence-corrected chi connectivity index (χ2v) is 5.31. The van der Waals surface area contributed by atoms with Gasteiger partial charge in [0.05, 0.1) is 15.9 Å². The molecule has 0 aliphatic carbocycles. The molecule has 14 heavy (non-hydrogen) atoms. The zero-order valence-corrected chi connectivity index (χ0v) is 10.8. The highest BCUT2D eigenvalue weighted by Gasteiger charge is 2.24. The summed E-state index contributed by atoms with van der Waals surface area (Å²) in [5, 5.41) is 4.46. The van der Waals surface area contributed by atoms with Gasteiger partial charge in [-0.25, -0.2) is 0 Å². The molecule has 0 saturated carbocycles. The number of nitrogens with two attached hydrogens (primary N) is 1. The van der Waals surface area contributed by atoms with E-state index in [4.69, 9.17) is 5.73 Å². The molecule has 0 aliphatic heterocycles. The van der Waals surface area contributed by atoms with Crippen molar-refractivity contribution in [3.05, 3.63) is 15.9 Å². The minimum absolute atomic E-state index is 0.105. The summed E-state index contributed by atoms with van der Waals surface area (Å²) in [6.07, 6.45) is 0.824. The van der Waals surface area contributed by atoms with Gasteiger partial charge in [-0.05, 0) is 22.5 Å². The lowest BCUT2D eigenvalue weighted by Crippen LogP contribution is -2.16. The molecule has 80 valence electrons. The van der Waals surface area contributed by atoms with Crippen molar-refractivity contribution in [2.24, 2.45) is 12.8 Å². The largest absolute Gasteiger partial charge is 0.330 e. The average molecular weight is 260 g/mol. The van der Waals surface area contributed by atoms with Gasteiger partial charge in [0.1, 0.15) is 0 Å². The van der Waals surface area contributed by atoms with E-state index in [1.807, 2.05) is 11.7 Å². The predicted octanol–water partition coefficient (Wildman–Crippen LogP) is 1.98. The number of nitrogens with zero attached hydrogens (tertiary/aromatic N) is 2. The summed E-state index contributed by atoms with van der Waals surface area (Å²) in [4.78, 5) is 0. The molecule has 0 amide bonds. The molecule has 0 aliphatic rings. The second kappa shape index (κ2) is 4.03. The van der Waals surface area contributed by atoms with Crippen LogP contribution >= 0.6 is 15.9 Å². The van der Waals surface area contributed by atoms with Crippen LogP contribution in [0.15, 0.2) is 4.47 Å². The fraction of sp³-hybridized carbons (Fsp3) is 0.700. The van der Waals surface area contributed by atoms with E-state index in [0.717, 1.165) is 16.6 Å². The summed E-state index contributed by atoms with van der Waals surface area (Å²) < 4.78 is 3.05. The molecule has 4 heteroatoms. The zero-order valence-electron chi connectivity index (χ0n) is 9.26. The van der Waals surface area contributed by atoms with Crippen molar-refractivity contribution in [1.82, 2.24) is 9.78 Å². The van der Waals surface area contributed by atoms with Crippen LogP contribution in [0.25, 0.3) is 0 Å². The first-order valence-corrected chi connectivity index (χ1v) is 5.59. The lowest BCUT2D eigenvalue weighted by Gasteiger charge is -2.19. The summed E-state index contributed by atoms with van der Waals surface area (Å²) in [5.41, 5.74) is 7.91. The molecule has 1 aromatic heterocycles. The van der Waals surface area contributed by atoms with Gasteiger partial charge in [-0.1, -0.05) is 20.8 Å². The first kappa shape index (κ1) is 11.7. The third-order valence-corrected chi connectivity index (χ3v) is 2.98. The first-order chi connectivity index (χ1) is 6.38. The Morgan fingerprint density at radius 2 is 2.00 bits per heavy atom. The van der Waals surface area contributed by atoms with E-state index in [-0.39, 0.29) is 5.41 Å². The number of hydrogen-bond acceptors (Lipinski definition) is 2. The number of aryl methyl sites for hydroxylation is 1. The van der Waals surface area contributed by atoms with Crippen molar-refractivity contribution in [1.29, 1.82) is 0 Å². The van der Waals surface area contributed by atoms with E-state index in [1.165, 1.54) is 5.69 Å². The minimum atomic E-state index is 0.105. The Morgan fingerprint density at radius 1 is 1.43 bits per heavy atom. The SMILES string of the molecule is Cn1nc(CCN)c(Br)c1C(C)(C)C. The maximum atomic E-state index is 5.53. The molecule has 0 fully saturated rings. The highest BCUT2D eigenvalue weighted by Crippen LogP contribution is 2.31. The summed E-state index contributed by atoms with van der Waals surface area (Å²) >= 11 is 3.60. The maximum absolute atomic E-state index is 5.53. The van der Waals surface area contributed by atoms with Gasteiger partial charge >= 0.3 is 0 Å².